The van der Waals surface area contributed by atoms with Crippen LogP contribution in [0.4, 0.5) is 5.95 Å². The molecule has 0 amide bonds. The minimum absolute atomic E-state index is 0.476. The summed E-state index contributed by atoms with van der Waals surface area (Å²) in [5, 5.41) is 3.39. The van der Waals surface area contributed by atoms with Gasteiger partial charge in [0.2, 0.25) is 5.95 Å². The topological polar surface area (TPSA) is 79.4 Å². The van der Waals surface area contributed by atoms with Crippen molar-refractivity contribution >= 4 is 11.9 Å². The number of aryl methyl sites for hydroxylation is 1. The molecule has 1 aromatic heterocycles. The third kappa shape index (κ3) is 4.82. The van der Waals surface area contributed by atoms with Crippen molar-refractivity contribution in [2.24, 2.45) is 10.7 Å². The van der Waals surface area contributed by atoms with Crippen LogP contribution in [0.5, 0.6) is 0 Å². The van der Waals surface area contributed by atoms with Crippen LogP contribution in [0.25, 0.3) is 0 Å². The molecule has 0 unspecified atom stereocenters. The van der Waals surface area contributed by atoms with Crippen molar-refractivity contribution in [3.63, 3.8) is 0 Å². The van der Waals surface area contributed by atoms with Crippen molar-refractivity contribution in [3.8, 4) is 0 Å². The molecular formula is C18H30N6. The number of aliphatic imine (C=N–C) groups is 1. The summed E-state index contributed by atoms with van der Waals surface area (Å²) in [4.78, 5) is 16.0. The number of nitrogens with zero attached hydrogens (tertiary/aromatic N) is 4. The molecule has 0 radical (unpaired) electrons. The van der Waals surface area contributed by atoms with Crippen molar-refractivity contribution in [2.45, 2.75) is 70.9 Å². The molecular weight excluding hydrogens is 300 g/mol. The van der Waals surface area contributed by atoms with Gasteiger partial charge in [-0.15, -0.1) is 0 Å². The van der Waals surface area contributed by atoms with Gasteiger partial charge in [0, 0.05) is 24.8 Å². The number of nitrogens with two attached hydrogens (primary N) is 1. The first-order valence-corrected chi connectivity index (χ1v) is 9.37. The first-order valence-electron chi connectivity index (χ1n) is 9.37. The standard InChI is InChI=1S/C18H30N6/c1-14-12-16(23-18(21-14)24-10-6-7-11-24)13-20-17(19)22-15-8-4-2-3-5-9-15/h12,15H,2-11,13H2,1H3,(H3,19,20,22). The van der Waals surface area contributed by atoms with Crippen LogP contribution in [0.15, 0.2) is 11.1 Å². The first kappa shape index (κ1) is 17.0. The smallest absolute Gasteiger partial charge is 0.225 e. The Bertz CT molecular complexity index is 557. The van der Waals surface area contributed by atoms with E-state index in [1.54, 1.807) is 0 Å². The summed E-state index contributed by atoms with van der Waals surface area (Å²) in [6.45, 7) is 4.63. The van der Waals surface area contributed by atoms with Crippen LogP contribution >= 0.6 is 0 Å². The van der Waals surface area contributed by atoms with Crippen molar-refractivity contribution in [1.82, 2.24) is 15.3 Å². The molecule has 6 nitrogen and oxygen atoms in total. The number of hydrogen-bond acceptors (Lipinski definition) is 4. The average molecular weight is 330 g/mol. The number of rotatable bonds is 4. The lowest BCUT2D eigenvalue weighted by Crippen LogP contribution is -2.39. The predicted octanol–water partition coefficient (Wildman–Crippen LogP) is 2.51. The van der Waals surface area contributed by atoms with E-state index in [1.165, 1.54) is 51.4 Å². The van der Waals surface area contributed by atoms with Crippen molar-refractivity contribution in [1.29, 1.82) is 0 Å². The normalized spacial score (nSPS) is 20.2. The molecule has 1 aliphatic heterocycles. The van der Waals surface area contributed by atoms with Crippen LogP contribution in [-0.4, -0.2) is 35.1 Å². The zero-order chi connectivity index (χ0) is 16.8. The SMILES string of the molecule is Cc1cc(CN=C(N)NC2CCCCCC2)nc(N2CCCC2)n1. The Balaban J connectivity index is 1.60. The summed E-state index contributed by atoms with van der Waals surface area (Å²) in [6.07, 6.45) is 10.1. The molecule has 2 fully saturated rings. The second-order valence-electron chi connectivity index (χ2n) is 7.03. The maximum Gasteiger partial charge on any atom is 0.225 e. The van der Waals surface area contributed by atoms with Gasteiger partial charge in [-0.2, -0.15) is 0 Å². The molecule has 0 atom stereocenters. The highest BCUT2D eigenvalue weighted by atomic mass is 15.3. The third-order valence-corrected chi connectivity index (χ3v) is 4.90. The summed E-state index contributed by atoms with van der Waals surface area (Å²) in [6, 6.07) is 2.48. The molecule has 132 valence electrons. The molecule has 6 heteroatoms. The fourth-order valence-electron chi connectivity index (χ4n) is 3.60. The van der Waals surface area contributed by atoms with Crippen LogP contribution in [0, 0.1) is 6.92 Å². The molecule has 0 aromatic carbocycles. The Morgan fingerprint density at radius 2 is 1.88 bits per heavy atom. The Kier molecular flexibility index (Phi) is 5.88. The molecule has 1 aliphatic carbocycles. The predicted molar refractivity (Wildman–Crippen MR) is 98.2 cm³/mol. The minimum Gasteiger partial charge on any atom is -0.370 e. The third-order valence-electron chi connectivity index (χ3n) is 4.90. The van der Waals surface area contributed by atoms with E-state index in [4.69, 9.17) is 5.73 Å². The van der Waals surface area contributed by atoms with Gasteiger partial charge < -0.3 is 16.0 Å². The summed E-state index contributed by atoms with van der Waals surface area (Å²) in [7, 11) is 0. The Labute approximate surface area is 145 Å². The fourth-order valence-corrected chi connectivity index (χ4v) is 3.60. The lowest BCUT2D eigenvalue weighted by Gasteiger charge is -2.17. The fraction of sp³-hybridized carbons (Fsp3) is 0.722. The second-order valence-corrected chi connectivity index (χ2v) is 7.03. The number of aromatic nitrogens is 2. The molecule has 2 aliphatic rings. The van der Waals surface area contributed by atoms with Crippen LogP contribution in [0.2, 0.25) is 0 Å². The molecule has 1 saturated heterocycles. The Morgan fingerprint density at radius 3 is 2.58 bits per heavy atom. The average Bonchev–Trinajstić information content (AvgIpc) is 2.99. The van der Waals surface area contributed by atoms with Gasteiger partial charge in [-0.05, 0) is 38.7 Å². The molecule has 3 N–H and O–H groups in total. The monoisotopic (exact) mass is 330 g/mol. The molecule has 24 heavy (non-hydrogen) atoms. The molecule has 1 aromatic rings. The lowest BCUT2D eigenvalue weighted by molar-refractivity contribution is 0.530. The molecule has 0 spiro atoms. The summed E-state index contributed by atoms with van der Waals surface area (Å²) >= 11 is 0. The van der Waals surface area contributed by atoms with Gasteiger partial charge in [-0.25, -0.2) is 15.0 Å². The lowest BCUT2D eigenvalue weighted by atomic mass is 10.1. The van der Waals surface area contributed by atoms with Crippen molar-refractivity contribution < 1.29 is 0 Å². The highest BCUT2D eigenvalue weighted by Gasteiger charge is 2.16. The molecule has 1 saturated carbocycles. The van der Waals surface area contributed by atoms with E-state index in [1.807, 2.05) is 13.0 Å². The Morgan fingerprint density at radius 1 is 1.17 bits per heavy atom. The zero-order valence-electron chi connectivity index (χ0n) is 14.8. The highest BCUT2D eigenvalue weighted by molar-refractivity contribution is 5.78. The number of nitrogens with one attached hydrogen (secondary N) is 1. The number of anilines is 1. The number of hydrogen-bond donors (Lipinski definition) is 2. The van der Waals surface area contributed by atoms with Gasteiger partial charge in [-0.1, -0.05) is 25.7 Å². The van der Waals surface area contributed by atoms with Crippen LogP contribution < -0.4 is 16.0 Å². The summed E-state index contributed by atoms with van der Waals surface area (Å²) < 4.78 is 0. The van der Waals surface area contributed by atoms with E-state index in [2.05, 4.69) is 25.2 Å². The van der Waals surface area contributed by atoms with Gasteiger partial charge >= 0.3 is 0 Å². The van der Waals surface area contributed by atoms with Crippen LogP contribution in [0.3, 0.4) is 0 Å². The van der Waals surface area contributed by atoms with Gasteiger partial charge in [-0.3, -0.25) is 0 Å². The van der Waals surface area contributed by atoms with E-state index in [-0.39, 0.29) is 0 Å². The van der Waals surface area contributed by atoms with Gasteiger partial charge in [0.05, 0.1) is 12.2 Å². The summed E-state index contributed by atoms with van der Waals surface area (Å²) in [5.74, 6) is 1.38. The van der Waals surface area contributed by atoms with Crippen molar-refractivity contribution in [2.75, 3.05) is 18.0 Å². The minimum atomic E-state index is 0.476. The summed E-state index contributed by atoms with van der Waals surface area (Å²) in [5.41, 5.74) is 8.02. The largest absolute Gasteiger partial charge is 0.370 e. The highest BCUT2D eigenvalue weighted by Crippen LogP contribution is 2.18. The molecule has 2 heterocycles. The quantitative estimate of drug-likeness (QED) is 0.504. The van der Waals surface area contributed by atoms with Crippen LogP contribution in [0.1, 0.15) is 62.8 Å². The van der Waals surface area contributed by atoms with Gasteiger partial charge in [0.1, 0.15) is 0 Å². The maximum absolute atomic E-state index is 6.09. The zero-order valence-corrected chi connectivity index (χ0v) is 14.8. The second kappa shape index (κ2) is 8.31. The molecule has 0 bridgehead atoms. The van der Waals surface area contributed by atoms with Gasteiger partial charge in [0.25, 0.3) is 0 Å². The van der Waals surface area contributed by atoms with E-state index in [0.717, 1.165) is 30.4 Å². The Hall–Kier alpha value is -1.85. The van der Waals surface area contributed by atoms with E-state index >= 15 is 0 Å². The van der Waals surface area contributed by atoms with Gasteiger partial charge in [0.15, 0.2) is 5.96 Å². The maximum atomic E-state index is 6.09. The van der Waals surface area contributed by atoms with E-state index < -0.39 is 0 Å². The van der Waals surface area contributed by atoms with Crippen LogP contribution in [-0.2, 0) is 6.54 Å². The molecule has 3 rings (SSSR count). The number of guanidine groups is 1. The first-order chi connectivity index (χ1) is 11.7. The van der Waals surface area contributed by atoms with Crippen molar-refractivity contribution in [3.05, 3.63) is 17.5 Å². The van der Waals surface area contributed by atoms with E-state index in [0.29, 0.717) is 18.5 Å². The van der Waals surface area contributed by atoms with E-state index in [9.17, 15) is 0 Å².